The van der Waals surface area contributed by atoms with Crippen molar-refractivity contribution in [1.29, 1.82) is 0 Å². The SMILES string of the molecule is CCCCCCCCC/C=C/C(O)C(CO)NC(=O)CCCCCCCCCCC/C=C\CCCCCCCCCCCCCCOC(=O)CCCCCCCCCCCCCCCCC. The summed E-state index contributed by atoms with van der Waals surface area (Å²) in [5, 5.41) is 22.9. The van der Waals surface area contributed by atoms with Crippen LogP contribution in [0.2, 0.25) is 0 Å². The molecule has 6 nitrogen and oxygen atoms in total. The third-order valence-corrected chi connectivity index (χ3v) is 13.7. The van der Waals surface area contributed by atoms with Crippen molar-refractivity contribution < 1.29 is 24.5 Å². The highest BCUT2D eigenvalue weighted by Crippen LogP contribution is 2.17. The Kier molecular flexibility index (Phi) is 54.5. The van der Waals surface area contributed by atoms with Gasteiger partial charge in [0.05, 0.1) is 25.4 Å². The molecule has 0 saturated carbocycles. The molecule has 0 aromatic heterocycles. The van der Waals surface area contributed by atoms with Crippen molar-refractivity contribution in [2.24, 2.45) is 0 Å². The molecule has 0 aromatic rings. The first-order chi connectivity index (χ1) is 32.5. The van der Waals surface area contributed by atoms with Crippen molar-refractivity contribution >= 4 is 11.9 Å². The highest BCUT2D eigenvalue weighted by Gasteiger charge is 2.18. The topological polar surface area (TPSA) is 95.9 Å². The van der Waals surface area contributed by atoms with E-state index in [1.54, 1.807) is 6.08 Å². The zero-order chi connectivity index (χ0) is 47.9. The minimum Gasteiger partial charge on any atom is -0.466 e. The Balaban J connectivity index is 3.37. The van der Waals surface area contributed by atoms with Crippen LogP contribution in [0.4, 0.5) is 0 Å². The molecule has 0 aliphatic carbocycles. The summed E-state index contributed by atoms with van der Waals surface area (Å²) < 4.78 is 5.49. The summed E-state index contributed by atoms with van der Waals surface area (Å²) in [6.45, 7) is 4.89. The Labute approximate surface area is 411 Å². The number of nitrogens with one attached hydrogen (secondary N) is 1. The molecule has 66 heavy (non-hydrogen) atoms. The van der Waals surface area contributed by atoms with E-state index in [0.29, 0.717) is 19.4 Å². The largest absolute Gasteiger partial charge is 0.466 e. The molecule has 0 fully saturated rings. The van der Waals surface area contributed by atoms with Gasteiger partial charge in [-0.1, -0.05) is 276 Å². The maximum atomic E-state index is 12.4. The first kappa shape index (κ1) is 64.3. The van der Waals surface area contributed by atoms with Crippen LogP contribution in [0, 0.1) is 0 Å². The van der Waals surface area contributed by atoms with Crippen LogP contribution in [0.15, 0.2) is 24.3 Å². The van der Waals surface area contributed by atoms with Gasteiger partial charge >= 0.3 is 5.97 Å². The lowest BCUT2D eigenvalue weighted by molar-refractivity contribution is -0.143. The van der Waals surface area contributed by atoms with Gasteiger partial charge in [-0.3, -0.25) is 9.59 Å². The summed E-state index contributed by atoms with van der Waals surface area (Å²) in [4.78, 5) is 24.4. The van der Waals surface area contributed by atoms with Crippen LogP contribution in [0.25, 0.3) is 0 Å². The summed E-state index contributed by atoms with van der Waals surface area (Å²) in [5.74, 6) is -0.0574. The summed E-state index contributed by atoms with van der Waals surface area (Å²) >= 11 is 0. The number of hydrogen-bond donors (Lipinski definition) is 3. The quantitative estimate of drug-likeness (QED) is 0.0321. The highest BCUT2D eigenvalue weighted by atomic mass is 16.5. The molecule has 6 heteroatoms. The van der Waals surface area contributed by atoms with Gasteiger partial charge in [-0.25, -0.2) is 0 Å². The molecule has 2 atom stereocenters. The zero-order valence-electron chi connectivity index (χ0n) is 44.4. The number of carbonyl (C=O) groups excluding carboxylic acids is 2. The van der Waals surface area contributed by atoms with Gasteiger partial charge in [0.25, 0.3) is 0 Å². The smallest absolute Gasteiger partial charge is 0.305 e. The normalized spacial score (nSPS) is 12.7. The van der Waals surface area contributed by atoms with Crippen LogP contribution in [-0.2, 0) is 14.3 Å². The molecule has 0 aliphatic rings. The lowest BCUT2D eigenvalue weighted by Gasteiger charge is -2.20. The van der Waals surface area contributed by atoms with Gasteiger partial charge in [-0.15, -0.1) is 0 Å². The van der Waals surface area contributed by atoms with E-state index in [1.165, 1.54) is 257 Å². The van der Waals surface area contributed by atoms with E-state index >= 15 is 0 Å². The minimum absolute atomic E-state index is 0.0158. The summed E-state index contributed by atoms with van der Waals surface area (Å²) in [6, 6.07) is -0.627. The molecule has 0 saturated heterocycles. The molecule has 390 valence electrons. The van der Waals surface area contributed by atoms with E-state index in [9.17, 15) is 19.8 Å². The molecule has 0 bridgehead atoms. The molecule has 0 aliphatic heterocycles. The van der Waals surface area contributed by atoms with Crippen molar-refractivity contribution in [3.63, 3.8) is 0 Å². The molecule has 0 spiro atoms. The monoisotopic (exact) mass is 930 g/mol. The van der Waals surface area contributed by atoms with E-state index < -0.39 is 12.1 Å². The van der Waals surface area contributed by atoms with Crippen LogP contribution >= 0.6 is 0 Å². The molecule has 0 heterocycles. The van der Waals surface area contributed by atoms with Crippen molar-refractivity contribution in [3.05, 3.63) is 24.3 Å². The maximum Gasteiger partial charge on any atom is 0.305 e. The molecule has 3 N–H and O–H groups in total. The van der Waals surface area contributed by atoms with Gasteiger partial charge in [0.2, 0.25) is 5.91 Å². The van der Waals surface area contributed by atoms with E-state index in [4.69, 9.17) is 4.74 Å². The average Bonchev–Trinajstić information content (AvgIpc) is 3.32. The molecule has 2 unspecified atom stereocenters. The lowest BCUT2D eigenvalue weighted by Crippen LogP contribution is -2.45. The summed E-state index contributed by atoms with van der Waals surface area (Å²) in [5.41, 5.74) is 0. The van der Waals surface area contributed by atoms with Crippen molar-refractivity contribution in [2.75, 3.05) is 13.2 Å². The van der Waals surface area contributed by atoms with Gasteiger partial charge < -0.3 is 20.3 Å². The van der Waals surface area contributed by atoms with Crippen LogP contribution in [0.1, 0.15) is 322 Å². The first-order valence-corrected chi connectivity index (χ1v) is 29.6. The van der Waals surface area contributed by atoms with E-state index in [2.05, 4.69) is 31.3 Å². The van der Waals surface area contributed by atoms with Crippen molar-refractivity contribution in [3.8, 4) is 0 Å². The third kappa shape index (κ3) is 51.7. The lowest BCUT2D eigenvalue weighted by atomic mass is 10.0. The van der Waals surface area contributed by atoms with Crippen LogP contribution in [0.5, 0.6) is 0 Å². The standard InChI is InChI=1S/C60H115NO5/c1-3-5-7-9-11-13-14-15-27-31-34-38-42-46-50-54-60(65)66-55-51-47-43-39-35-32-29-26-24-22-20-18-16-17-19-21-23-25-28-30-33-37-41-45-49-53-59(64)61-57(56-62)58(63)52-48-44-40-36-12-10-8-6-4-2/h17,19,48,52,57-58,62-63H,3-16,18,20-47,49-51,53-56H2,1-2H3,(H,61,64)/b19-17-,52-48+. The van der Waals surface area contributed by atoms with Crippen LogP contribution in [0.3, 0.4) is 0 Å². The fourth-order valence-corrected chi connectivity index (χ4v) is 9.16. The van der Waals surface area contributed by atoms with E-state index in [0.717, 1.165) is 38.5 Å². The highest BCUT2D eigenvalue weighted by molar-refractivity contribution is 5.76. The van der Waals surface area contributed by atoms with E-state index in [1.807, 2.05) is 6.08 Å². The molecule has 0 rings (SSSR count). The Bertz CT molecular complexity index is 1030. The number of ether oxygens (including phenoxy) is 1. The van der Waals surface area contributed by atoms with Crippen LogP contribution < -0.4 is 5.32 Å². The number of rotatable bonds is 55. The molecule has 1 amide bonds. The van der Waals surface area contributed by atoms with Crippen molar-refractivity contribution in [2.45, 2.75) is 334 Å². The van der Waals surface area contributed by atoms with Gasteiger partial charge in [-0.05, 0) is 57.8 Å². The number of esters is 1. The van der Waals surface area contributed by atoms with Crippen LogP contribution in [-0.4, -0.2) is 47.4 Å². The van der Waals surface area contributed by atoms with E-state index in [-0.39, 0.29) is 18.5 Å². The Morgan fingerprint density at radius 2 is 0.712 bits per heavy atom. The van der Waals surface area contributed by atoms with Gasteiger partial charge in [0.15, 0.2) is 0 Å². The number of aliphatic hydroxyl groups excluding tert-OH is 2. The second kappa shape index (κ2) is 55.9. The number of unbranched alkanes of at least 4 members (excludes halogenated alkanes) is 42. The fraction of sp³-hybridized carbons (Fsp3) is 0.900. The Morgan fingerprint density at radius 1 is 0.409 bits per heavy atom. The second-order valence-corrected chi connectivity index (χ2v) is 20.3. The predicted octanol–water partition coefficient (Wildman–Crippen LogP) is 18.2. The number of amides is 1. The first-order valence-electron chi connectivity index (χ1n) is 29.6. The fourth-order valence-electron chi connectivity index (χ4n) is 9.16. The van der Waals surface area contributed by atoms with Gasteiger partial charge in [0, 0.05) is 12.8 Å². The average molecular weight is 931 g/mol. The Hall–Kier alpha value is -1.66. The molecular weight excluding hydrogens is 815 g/mol. The third-order valence-electron chi connectivity index (χ3n) is 13.7. The molecule has 0 aromatic carbocycles. The second-order valence-electron chi connectivity index (χ2n) is 20.3. The zero-order valence-corrected chi connectivity index (χ0v) is 44.4. The summed E-state index contributed by atoms with van der Waals surface area (Å²) in [6.07, 6.45) is 68.0. The number of allylic oxidation sites excluding steroid dienone is 3. The Morgan fingerprint density at radius 3 is 1.08 bits per heavy atom. The summed E-state index contributed by atoms with van der Waals surface area (Å²) in [7, 11) is 0. The number of hydrogen-bond acceptors (Lipinski definition) is 5. The van der Waals surface area contributed by atoms with Gasteiger partial charge in [0.1, 0.15) is 0 Å². The predicted molar refractivity (Wildman–Crippen MR) is 287 cm³/mol. The van der Waals surface area contributed by atoms with Gasteiger partial charge in [-0.2, -0.15) is 0 Å². The number of carbonyl (C=O) groups is 2. The minimum atomic E-state index is -0.843. The maximum absolute atomic E-state index is 12.4. The molecular formula is C60H115NO5. The number of aliphatic hydroxyl groups is 2. The van der Waals surface area contributed by atoms with Crippen molar-refractivity contribution in [1.82, 2.24) is 5.32 Å². The molecule has 0 radical (unpaired) electrons.